The Labute approximate surface area is 154 Å². The summed E-state index contributed by atoms with van der Waals surface area (Å²) in [6.07, 6.45) is 6.86. The maximum Gasteiger partial charge on any atom is 0.240 e. The lowest BCUT2D eigenvalue weighted by Gasteiger charge is -2.26. The summed E-state index contributed by atoms with van der Waals surface area (Å²) in [4.78, 5) is 38.6. The molecular weight excluding hydrogens is 328 g/mol. The Morgan fingerprint density at radius 1 is 1.00 bits per heavy atom. The summed E-state index contributed by atoms with van der Waals surface area (Å²) in [5.74, 6) is -0.566. The minimum Gasteiger partial charge on any atom is -0.354 e. The van der Waals surface area contributed by atoms with Crippen molar-refractivity contribution < 1.29 is 14.4 Å². The average molecular weight is 354 g/mol. The predicted molar refractivity (Wildman–Crippen MR) is 97.3 cm³/mol. The van der Waals surface area contributed by atoms with Crippen molar-refractivity contribution in [2.45, 2.75) is 50.9 Å². The van der Waals surface area contributed by atoms with Crippen LogP contribution in [0.4, 0.5) is 0 Å². The molecule has 2 aliphatic carbocycles. The Morgan fingerprint density at radius 3 is 2.42 bits per heavy atom. The van der Waals surface area contributed by atoms with E-state index in [1.165, 1.54) is 16.0 Å². The van der Waals surface area contributed by atoms with E-state index >= 15 is 0 Å². The molecule has 0 radical (unpaired) electrons. The summed E-state index contributed by atoms with van der Waals surface area (Å²) in [6, 6.07) is 8.41. The number of rotatable bonds is 4. The first kappa shape index (κ1) is 17.3. The lowest BCUT2D eigenvalue weighted by Crippen LogP contribution is -2.42. The van der Waals surface area contributed by atoms with Crippen molar-refractivity contribution in [1.82, 2.24) is 10.2 Å². The second-order valence-electron chi connectivity index (χ2n) is 7.85. The van der Waals surface area contributed by atoms with Crippen LogP contribution in [0.3, 0.4) is 0 Å². The fraction of sp³-hybridized carbons (Fsp3) is 0.571. The number of hydrogen-bond acceptors (Lipinski definition) is 3. The first-order valence-corrected chi connectivity index (χ1v) is 9.85. The van der Waals surface area contributed by atoms with Crippen LogP contribution in [0.1, 0.15) is 55.6 Å². The molecule has 4 rings (SSSR count). The molecule has 1 heterocycles. The number of carbonyl (C=O) groups excluding carboxylic acids is 3. The molecule has 3 unspecified atom stereocenters. The highest BCUT2D eigenvalue weighted by molar-refractivity contribution is 6.07. The van der Waals surface area contributed by atoms with E-state index in [0.717, 1.165) is 44.9 Å². The molecule has 2 fully saturated rings. The number of benzene rings is 1. The van der Waals surface area contributed by atoms with E-state index in [0.29, 0.717) is 12.5 Å². The summed E-state index contributed by atoms with van der Waals surface area (Å²) in [5, 5.41) is 2.96. The van der Waals surface area contributed by atoms with Crippen molar-refractivity contribution in [3.05, 3.63) is 35.4 Å². The smallest absolute Gasteiger partial charge is 0.240 e. The van der Waals surface area contributed by atoms with Gasteiger partial charge >= 0.3 is 0 Å². The number of nitrogens with zero attached hydrogens (tertiary/aromatic N) is 1. The maximum atomic E-state index is 12.5. The van der Waals surface area contributed by atoms with Gasteiger partial charge in [0.1, 0.15) is 6.54 Å². The maximum absolute atomic E-state index is 12.5. The van der Waals surface area contributed by atoms with Crippen LogP contribution in [-0.2, 0) is 20.8 Å². The molecule has 1 aromatic carbocycles. The first-order chi connectivity index (χ1) is 12.6. The van der Waals surface area contributed by atoms with Gasteiger partial charge < -0.3 is 5.32 Å². The van der Waals surface area contributed by atoms with Crippen molar-refractivity contribution >= 4 is 17.7 Å². The summed E-state index contributed by atoms with van der Waals surface area (Å²) in [7, 11) is 0. The molecule has 1 aromatic rings. The van der Waals surface area contributed by atoms with Gasteiger partial charge in [-0.1, -0.05) is 37.1 Å². The molecule has 3 amide bonds. The van der Waals surface area contributed by atoms with E-state index in [1.807, 2.05) is 6.07 Å². The first-order valence-electron chi connectivity index (χ1n) is 9.85. The normalized spacial score (nSPS) is 27.8. The van der Waals surface area contributed by atoms with Crippen LogP contribution in [-0.4, -0.2) is 35.7 Å². The van der Waals surface area contributed by atoms with Gasteiger partial charge in [0, 0.05) is 12.5 Å². The zero-order valence-electron chi connectivity index (χ0n) is 15.1. The van der Waals surface area contributed by atoms with Gasteiger partial charge in [0.05, 0.1) is 11.8 Å². The molecule has 0 spiro atoms. The second kappa shape index (κ2) is 7.22. The zero-order valence-corrected chi connectivity index (χ0v) is 15.1. The van der Waals surface area contributed by atoms with E-state index in [2.05, 4.69) is 23.5 Å². The highest BCUT2D eigenvalue weighted by Crippen LogP contribution is 2.37. The van der Waals surface area contributed by atoms with E-state index in [9.17, 15) is 14.4 Å². The molecular formula is C21H26N2O3. The van der Waals surface area contributed by atoms with Gasteiger partial charge in [-0.15, -0.1) is 0 Å². The Balaban J connectivity index is 1.35. The highest BCUT2D eigenvalue weighted by Gasteiger charge is 2.48. The number of fused-ring (bicyclic) bond motifs is 2. The van der Waals surface area contributed by atoms with Crippen LogP contribution < -0.4 is 5.32 Å². The van der Waals surface area contributed by atoms with Crippen LogP contribution >= 0.6 is 0 Å². The number of hydrogen-bond donors (Lipinski definition) is 1. The molecule has 5 heteroatoms. The van der Waals surface area contributed by atoms with Gasteiger partial charge in [-0.3, -0.25) is 19.3 Å². The topological polar surface area (TPSA) is 66.5 Å². The average Bonchev–Trinajstić information content (AvgIpc) is 2.91. The molecule has 26 heavy (non-hydrogen) atoms. The Bertz CT molecular complexity index is 706. The number of likely N-dealkylation sites (tertiary alicyclic amines) is 1. The number of nitrogens with one attached hydrogen (secondary N) is 1. The fourth-order valence-electron chi connectivity index (χ4n) is 4.89. The van der Waals surface area contributed by atoms with Gasteiger partial charge in [0.15, 0.2) is 0 Å². The molecule has 1 saturated carbocycles. The Kier molecular flexibility index (Phi) is 4.79. The summed E-state index contributed by atoms with van der Waals surface area (Å²) < 4.78 is 0. The minimum absolute atomic E-state index is 0.126. The molecule has 3 atom stereocenters. The summed E-state index contributed by atoms with van der Waals surface area (Å²) in [5.41, 5.74) is 2.69. The van der Waals surface area contributed by atoms with Crippen LogP contribution in [0.2, 0.25) is 0 Å². The molecule has 3 aliphatic rings. The highest BCUT2D eigenvalue weighted by atomic mass is 16.2. The van der Waals surface area contributed by atoms with Crippen molar-refractivity contribution in [3.63, 3.8) is 0 Å². The number of imide groups is 1. The lowest BCUT2D eigenvalue weighted by molar-refractivity contribution is -0.143. The van der Waals surface area contributed by atoms with Crippen molar-refractivity contribution in [1.29, 1.82) is 0 Å². The lowest BCUT2D eigenvalue weighted by atomic mass is 9.81. The minimum atomic E-state index is -0.228. The Morgan fingerprint density at radius 2 is 1.69 bits per heavy atom. The molecule has 138 valence electrons. The second-order valence-corrected chi connectivity index (χ2v) is 7.85. The predicted octanol–water partition coefficient (Wildman–Crippen LogP) is 2.40. The number of amides is 3. The third kappa shape index (κ3) is 3.15. The standard InChI is InChI=1S/C21H26N2O3/c24-19(13-23-20(25)17-10-3-4-11-18(17)21(23)26)22-12-15-8-5-7-14-6-1-2-9-16(14)15/h1-2,6,9,15,17-18H,3-5,7-8,10-13H2,(H,22,24). The van der Waals surface area contributed by atoms with E-state index in [-0.39, 0.29) is 36.1 Å². The molecule has 1 saturated heterocycles. The third-order valence-corrected chi connectivity index (χ3v) is 6.27. The van der Waals surface area contributed by atoms with Crippen LogP contribution in [0.5, 0.6) is 0 Å². The Hall–Kier alpha value is -2.17. The fourth-order valence-corrected chi connectivity index (χ4v) is 4.89. The van der Waals surface area contributed by atoms with Crippen LogP contribution in [0.15, 0.2) is 24.3 Å². The van der Waals surface area contributed by atoms with Gasteiger partial charge in [-0.05, 0) is 43.2 Å². The van der Waals surface area contributed by atoms with E-state index < -0.39 is 0 Å². The molecule has 0 bridgehead atoms. The van der Waals surface area contributed by atoms with Gasteiger partial charge in [0.2, 0.25) is 17.7 Å². The SMILES string of the molecule is O=C(CN1C(=O)C2CCCCC2C1=O)NCC1CCCc2ccccc21. The monoisotopic (exact) mass is 354 g/mol. The quantitative estimate of drug-likeness (QED) is 0.845. The molecule has 1 aliphatic heterocycles. The summed E-state index contributed by atoms with van der Waals surface area (Å²) in [6.45, 7) is 0.442. The third-order valence-electron chi connectivity index (χ3n) is 6.27. The molecule has 0 aromatic heterocycles. The van der Waals surface area contributed by atoms with Crippen molar-refractivity contribution in [3.8, 4) is 0 Å². The van der Waals surface area contributed by atoms with E-state index in [1.54, 1.807) is 0 Å². The zero-order chi connectivity index (χ0) is 18.1. The van der Waals surface area contributed by atoms with Gasteiger partial charge in [-0.25, -0.2) is 0 Å². The number of carbonyl (C=O) groups is 3. The number of aryl methyl sites for hydroxylation is 1. The van der Waals surface area contributed by atoms with Gasteiger partial charge in [-0.2, -0.15) is 0 Å². The van der Waals surface area contributed by atoms with Gasteiger partial charge in [0.25, 0.3) is 0 Å². The van der Waals surface area contributed by atoms with Crippen LogP contribution in [0.25, 0.3) is 0 Å². The van der Waals surface area contributed by atoms with E-state index in [4.69, 9.17) is 0 Å². The molecule has 5 nitrogen and oxygen atoms in total. The van der Waals surface area contributed by atoms with Crippen molar-refractivity contribution in [2.24, 2.45) is 11.8 Å². The largest absolute Gasteiger partial charge is 0.354 e. The van der Waals surface area contributed by atoms with Crippen molar-refractivity contribution in [2.75, 3.05) is 13.1 Å². The van der Waals surface area contributed by atoms with Crippen LogP contribution in [0, 0.1) is 11.8 Å². The summed E-state index contributed by atoms with van der Waals surface area (Å²) >= 11 is 0. The molecule has 1 N–H and O–H groups in total.